The third kappa shape index (κ3) is 2.50. The average molecular weight is 261 g/mol. The normalized spacial score (nSPS) is 10.3. The number of imidazole rings is 1. The molecule has 0 aliphatic heterocycles. The van der Waals surface area contributed by atoms with Crippen LogP contribution < -0.4 is 0 Å². The van der Waals surface area contributed by atoms with Gasteiger partial charge in [0.05, 0.1) is 18.5 Å². The van der Waals surface area contributed by atoms with Gasteiger partial charge in [0.2, 0.25) is 0 Å². The highest BCUT2D eigenvalue weighted by molar-refractivity contribution is 7.99. The van der Waals surface area contributed by atoms with Gasteiger partial charge in [-0.2, -0.15) is 5.26 Å². The quantitative estimate of drug-likeness (QED) is 0.830. The lowest BCUT2D eigenvalue weighted by atomic mass is 10.4. The number of rotatable bonds is 3. The standard InChI is InChI=1S/C11H11N5OS/c1-7-3-8(4-12)15-10(14-7)18-11-13-5-9(6-17)16(11)2/h3,5,17H,6H2,1-2H3. The van der Waals surface area contributed by atoms with Crippen molar-refractivity contribution in [3.63, 3.8) is 0 Å². The predicted molar refractivity (Wildman–Crippen MR) is 64.7 cm³/mol. The van der Waals surface area contributed by atoms with E-state index < -0.39 is 0 Å². The number of aryl methyl sites for hydroxylation is 1. The van der Waals surface area contributed by atoms with Gasteiger partial charge in [0.15, 0.2) is 10.3 Å². The van der Waals surface area contributed by atoms with Gasteiger partial charge in [-0.05, 0) is 24.8 Å². The largest absolute Gasteiger partial charge is 0.390 e. The summed E-state index contributed by atoms with van der Waals surface area (Å²) < 4.78 is 1.77. The van der Waals surface area contributed by atoms with Crippen molar-refractivity contribution < 1.29 is 5.11 Å². The average Bonchev–Trinajstić information content (AvgIpc) is 2.70. The first kappa shape index (κ1) is 12.5. The van der Waals surface area contributed by atoms with E-state index >= 15 is 0 Å². The van der Waals surface area contributed by atoms with Gasteiger partial charge in [-0.3, -0.25) is 0 Å². The van der Waals surface area contributed by atoms with E-state index in [-0.39, 0.29) is 6.61 Å². The van der Waals surface area contributed by atoms with Gasteiger partial charge < -0.3 is 9.67 Å². The van der Waals surface area contributed by atoms with E-state index in [0.29, 0.717) is 21.7 Å². The summed E-state index contributed by atoms with van der Waals surface area (Å²) in [5, 5.41) is 19.1. The minimum Gasteiger partial charge on any atom is -0.390 e. The number of nitriles is 1. The third-order valence-corrected chi connectivity index (χ3v) is 3.26. The Morgan fingerprint density at radius 1 is 1.50 bits per heavy atom. The lowest BCUT2D eigenvalue weighted by molar-refractivity contribution is 0.271. The maximum atomic E-state index is 9.08. The molecular formula is C11H11N5OS. The Bertz CT molecular complexity index is 616. The zero-order chi connectivity index (χ0) is 13.1. The van der Waals surface area contributed by atoms with Crippen LogP contribution in [0.1, 0.15) is 17.1 Å². The van der Waals surface area contributed by atoms with Gasteiger partial charge >= 0.3 is 0 Å². The fourth-order valence-corrected chi connectivity index (χ4v) is 2.25. The summed E-state index contributed by atoms with van der Waals surface area (Å²) in [6, 6.07) is 3.62. The van der Waals surface area contributed by atoms with Crippen LogP contribution in [-0.2, 0) is 13.7 Å². The van der Waals surface area contributed by atoms with E-state index in [0.717, 1.165) is 5.69 Å². The van der Waals surface area contributed by atoms with Crippen LogP contribution in [0.3, 0.4) is 0 Å². The summed E-state index contributed by atoms with van der Waals surface area (Å²) in [5.74, 6) is 0. The molecule has 18 heavy (non-hydrogen) atoms. The molecule has 1 N–H and O–H groups in total. The van der Waals surface area contributed by atoms with Gasteiger partial charge in [0.25, 0.3) is 0 Å². The number of nitrogens with zero attached hydrogens (tertiary/aromatic N) is 5. The fourth-order valence-electron chi connectivity index (χ4n) is 1.39. The van der Waals surface area contributed by atoms with E-state index in [4.69, 9.17) is 10.4 Å². The molecule has 0 aliphatic carbocycles. The molecule has 0 spiro atoms. The van der Waals surface area contributed by atoms with Crippen LogP contribution in [-0.4, -0.2) is 24.6 Å². The van der Waals surface area contributed by atoms with Crippen LogP contribution in [0.2, 0.25) is 0 Å². The van der Waals surface area contributed by atoms with Crippen LogP contribution in [0.4, 0.5) is 0 Å². The smallest absolute Gasteiger partial charge is 0.196 e. The Labute approximate surface area is 108 Å². The Morgan fingerprint density at radius 2 is 2.28 bits per heavy atom. The molecule has 6 nitrogen and oxygen atoms in total. The van der Waals surface area contributed by atoms with Crippen molar-refractivity contribution in [3.05, 3.63) is 29.3 Å². The molecule has 92 valence electrons. The van der Waals surface area contributed by atoms with Crippen LogP contribution in [0.25, 0.3) is 0 Å². The van der Waals surface area contributed by atoms with Crippen molar-refractivity contribution in [1.29, 1.82) is 5.26 Å². The van der Waals surface area contributed by atoms with E-state index in [1.807, 2.05) is 20.0 Å². The van der Waals surface area contributed by atoms with Crippen molar-refractivity contribution in [2.24, 2.45) is 7.05 Å². The summed E-state index contributed by atoms with van der Waals surface area (Å²) in [7, 11) is 1.81. The first-order chi connectivity index (χ1) is 8.63. The van der Waals surface area contributed by atoms with E-state index in [9.17, 15) is 0 Å². The summed E-state index contributed by atoms with van der Waals surface area (Å²) in [6.07, 6.45) is 1.60. The number of aliphatic hydroxyl groups excluding tert-OH is 1. The highest BCUT2D eigenvalue weighted by Gasteiger charge is 2.10. The zero-order valence-corrected chi connectivity index (χ0v) is 10.8. The van der Waals surface area contributed by atoms with Gasteiger partial charge in [-0.1, -0.05) is 0 Å². The van der Waals surface area contributed by atoms with Crippen LogP contribution in [0.5, 0.6) is 0 Å². The molecule has 0 saturated carbocycles. The Balaban J connectivity index is 2.31. The van der Waals surface area contributed by atoms with Crippen LogP contribution in [0, 0.1) is 18.3 Å². The van der Waals surface area contributed by atoms with Gasteiger partial charge in [0.1, 0.15) is 11.8 Å². The molecule has 0 aliphatic rings. The second kappa shape index (κ2) is 5.16. The molecular weight excluding hydrogens is 250 g/mol. The summed E-state index contributed by atoms with van der Waals surface area (Å²) in [5.41, 5.74) is 1.79. The lowest BCUT2D eigenvalue weighted by Crippen LogP contribution is -1.99. The van der Waals surface area contributed by atoms with Crippen molar-refractivity contribution in [3.8, 4) is 6.07 Å². The molecule has 2 rings (SSSR count). The molecule has 0 fully saturated rings. The molecule has 0 amide bonds. The maximum Gasteiger partial charge on any atom is 0.196 e. The predicted octanol–water partition coefficient (Wildman–Crippen LogP) is 1.03. The Hall–Kier alpha value is -1.91. The summed E-state index contributed by atoms with van der Waals surface area (Å²) >= 11 is 1.26. The number of hydrogen-bond donors (Lipinski definition) is 1. The van der Waals surface area contributed by atoms with Crippen LogP contribution in [0.15, 0.2) is 22.6 Å². The minimum absolute atomic E-state index is 0.0673. The second-order valence-electron chi connectivity index (χ2n) is 3.64. The molecule has 2 aromatic heterocycles. The first-order valence-corrected chi connectivity index (χ1v) is 6.00. The van der Waals surface area contributed by atoms with Gasteiger partial charge in [0, 0.05) is 12.7 Å². The lowest BCUT2D eigenvalue weighted by Gasteiger charge is -2.03. The monoisotopic (exact) mass is 261 g/mol. The number of aliphatic hydroxyl groups is 1. The summed E-state index contributed by atoms with van der Waals surface area (Å²) in [6.45, 7) is 1.74. The van der Waals surface area contributed by atoms with Crippen LogP contribution >= 0.6 is 11.8 Å². The topological polar surface area (TPSA) is 87.6 Å². The first-order valence-electron chi connectivity index (χ1n) is 5.19. The maximum absolute atomic E-state index is 9.08. The molecule has 0 aromatic carbocycles. The Kier molecular flexibility index (Phi) is 3.60. The molecule has 0 atom stereocenters. The summed E-state index contributed by atoms with van der Waals surface area (Å²) in [4.78, 5) is 12.5. The molecule has 0 unspecified atom stereocenters. The van der Waals surface area contributed by atoms with Crippen molar-refractivity contribution in [2.75, 3.05) is 0 Å². The van der Waals surface area contributed by atoms with Crippen molar-refractivity contribution >= 4 is 11.8 Å². The van der Waals surface area contributed by atoms with E-state index in [1.165, 1.54) is 11.8 Å². The van der Waals surface area contributed by atoms with Crippen molar-refractivity contribution in [2.45, 2.75) is 23.8 Å². The molecule has 0 saturated heterocycles. The molecule has 0 radical (unpaired) electrons. The zero-order valence-electron chi connectivity index (χ0n) is 9.95. The SMILES string of the molecule is Cc1cc(C#N)nc(Sc2ncc(CO)n2C)n1. The number of hydrogen-bond acceptors (Lipinski definition) is 6. The molecule has 7 heteroatoms. The highest BCUT2D eigenvalue weighted by Crippen LogP contribution is 2.24. The Morgan fingerprint density at radius 3 is 2.89 bits per heavy atom. The minimum atomic E-state index is -0.0673. The van der Waals surface area contributed by atoms with Gasteiger partial charge in [-0.15, -0.1) is 0 Å². The van der Waals surface area contributed by atoms with E-state index in [2.05, 4.69) is 15.0 Å². The van der Waals surface area contributed by atoms with Crippen molar-refractivity contribution in [1.82, 2.24) is 19.5 Å². The highest BCUT2D eigenvalue weighted by atomic mass is 32.2. The number of aromatic nitrogens is 4. The van der Waals surface area contributed by atoms with E-state index in [1.54, 1.807) is 16.8 Å². The second-order valence-corrected chi connectivity index (χ2v) is 4.57. The van der Waals surface area contributed by atoms with Gasteiger partial charge in [-0.25, -0.2) is 15.0 Å². The molecule has 0 bridgehead atoms. The fraction of sp³-hybridized carbons (Fsp3) is 0.273. The molecule has 2 aromatic rings. The third-order valence-electron chi connectivity index (χ3n) is 2.33. The molecule has 2 heterocycles.